The molecule has 1 fully saturated rings. The van der Waals surface area contributed by atoms with Crippen molar-refractivity contribution in [1.29, 1.82) is 0 Å². The van der Waals surface area contributed by atoms with E-state index in [1.807, 2.05) is 13.8 Å². The molecule has 1 aromatic rings. The number of carbonyl (C=O) groups is 1. The van der Waals surface area contributed by atoms with Crippen LogP contribution >= 0.6 is 0 Å². The van der Waals surface area contributed by atoms with E-state index >= 15 is 0 Å². The molecule has 0 aromatic heterocycles. The fourth-order valence-corrected chi connectivity index (χ4v) is 5.11. The average molecular weight is 323 g/mol. The first kappa shape index (κ1) is 17.0. The lowest BCUT2D eigenvalue weighted by molar-refractivity contribution is -0.125. The molecule has 1 aliphatic heterocycles. The molecule has 1 amide bonds. The van der Waals surface area contributed by atoms with E-state index in [-0.39, 0.29) is 10.8 Å². The normalized spacial score (nSPS) is 22.3. The second-order valence-corrected chi connectivity index (χ2v) is 7.94. The van der Waals surface area contributed by atoms with Crippen molar-refractivity contribution in [3.8, 4) is 0 Å². The van der Waals surface area contributed by atoms with E-state index in [9.17, 15) is 13.2 Å². The van der Waals surface area contributed by atoms with Crippen LogP contribution in [-0.2, 0) is 14.8 Å². The van der Waals surface area contributed by atoms with E-state index in [1.54, 1.807) is 24.3 Å². The van der Waals surface area contributed by atoms with E-state index in [2.05, 4.69) is 6.92 Å². The monoisotopic (exact) mass is 323 g/mol. The third kappa shape index (κ3) is 2.91. The van der Waals surface area contributed by atoms with Crippen molar-refractivity contribution in [2.24, 2.45) is 0 Å². The van der Waals surface area contributed by atoms with Gasteiger partial charge in [-0.2, -0.15) is 0 Å². The summed E-state index contributed by atoms with van der Waals surface area (Å²) in [6.07, 6.45) is 4.30. The molecule has 1 aliphatic rings. The van der Waals surface area contributed by atoms with Crippen molar-refractivity contribution in [3.63, 3.8) is 0 Å². The fourth-order valence-electron chi connectivity index (χ4n) is 3.24. The highest BCUT2D eigenvalue weighted by Crippen LogP contribution is 2.41. The number of sulfonamides is 1. The predicted molar refractivity (Wildman–Crippen MR) is 87.0 cm³/mol. The van der Waals surface area contributed by atoms with Crippen LogP contribution in [0, 0.1) is 6.92 Å². The van der Waals surface area contributed by atoms with Crippen molar-refractivity contribution < 1.29 is 13.2 Å². The van der Waals surface area contributed by atoms with Crippen LogP contribution in [0.2, 0.25) is 0 Å². The highest BCUT2D eigenvalue weighted by molar-refractivity contribution is 7.89. The first-order valence-electron chi connectivity index (χ1n) is 8.02. The second-order valence-electron chi connectivity index (χ2n) is 6.16. The third-order valence-electron chi connectivity index (χ3n) is 4.67. The molecule has 1 atom stereocenters. The Morgan fingerprint density at radius 3 is 2.36 bits per heavy atom. The van der Waals surface area contributed by atoms with Gasteiger partial charge < -0.3 is 0 Å². The molecule has 22 heavy (non-hydrogen) atoms. The number of benzene rings is 1. The molecule has 5 heteroatoms. The summed E-state index contributed by atoms with van der Waals surface area (Å²) in [7, 11) is -3.77. The minimum absolute atomic E-state index is 0.211. The smallest absolute Gasteiger partial charge is 0.266 e. The SMILES string of the molecule is CCCC[C@]1(CC)CCC(=O)N1S(=O)(=O)c1ccc(C)cc1. The summed E-state index contributed by atoms with van der Waals surface area (Å²) in [5.74, 6) is -0.265. The molecule has 0 bridgehead atoms. The Hall–Kier alpha value is -1.36. The number of hydrogen-bond acceptors (Lipinski definition) is 3. The van der Waals surface area contributed by atoms with Crippen molar-refractivity contribution in [1.82, 2.24) is 4.31 Å². The molecule has 0 N–H and O–H groups in total. The van der Waals surface area contributed by atoms with Crippen LogP contribution in [0.4, 0.5) is 0 Å². The third-order valence-corrected chi connectivity index (χ3v) is 6.61. The molecule has 0 radical (unpaired) electrons. The molecule has 4 nitrogen and oxygen atoms in total. The van der Waals surface area contributed by atoms with Crippen LogP contribution < -0.4 is 0 Å². The van der Waals surface area contributed by atoms with Crippen LogP contribution in [0.3, 0.4) is 0 Å². The summed E-state index contributed by atoms with van der Waals surface area (Å²) >= 11 is 0. The molecule has 0 unspecified atom stereocenters. The van der Waals surface area contributed by atoms with Crippen molar-refractivity contribution in [2.75, 3.05) is 0 Å². The molecule has 122 valence electrons. The van der Waals surface area contributed by atoms with Crippen LogP contribution in [0.5, 0.6) is 0 Å². The quantitative estimate of drug-likeness (QED) is 0.803. The summed E-state index contributed by atoms with van der Waals surface area (Å²) in [5, 5.41) is 0. The number of nitrogens with zero attached hydrogens (tertiary/aromatic N) is 1. The highest BCUT2D eigenvalue weighted by atomic mass is 32.2. The summed E-state index contributed by atoms with van der Waals surface area (Å²) in [4.78, 5) is 12.6. The molecule has 1 saturated heterocycles. The lowest BCUT2D eigenvalue weighted by Crippen LogP contribution is -2.48. The Labute approximate surface area is 133 Å². The molecular weight excluding hydrogens is 298 g/mol. The van der Waals surface area contributed by atoms with E-state index in [0.29, 0.717) is 19.3 Å². The van der Waals surface area contributed by atoms with Crippen LogP contribution in [-0.4, -0.2) is 24.2 Å². The van der Waals surface area contributed by atoms with Crippen molar-refractivity contribution >= 4 is 15.9 Å². The average Bonchev–Trinajstić information content (AvgIpc) is 2.83. The Kier molecular flexibility index (Phi) is 4.95. The number of carbonyl (C=O) groups excluding carboxylic acids is 1. The molecule has 0 saturated carbocycles. The largest absolute Gasteiger partial charge is 0.274 e. The van der Waals surface area contributed by atoms with Gasteiger partial charge in [0.05, 0.1) is 10.4 Å². The van der Waals surface area contributed by atoms with E-state index in [0.717, 1.165) is 24.8 Å². The van der Waals surface area contributed by atoms with Crippen LogP contribution in [0.15, 0.2) is 29.2 Å². The van der Waals surface area contributed by atoms with Crippen molar-refractivity contribution in [2.45, 2.75) is 69.7 Å². The maximum absolute atomic E-state index is 13.0. The topological polar surface area (TPSA) is 54.5 Å². The molecular formula is C17H25NO3S. The molecule has 2 rings (SSSR count). The number of unbranched alkanes of at least 4 members (excludes halogenated alkanes) is 1. The standard InChI is InChI=1S/C17H25NO3S/c1-4-6-12-17(5-2)13-11-16(19)18(17)22(20,21)15-9-7-14(3)8-10-15/h7-10H,4-6,11-13H2,1-3H3/t17-/m1/s1. The second kappa shape index (κ2) is 6.41. The fraction of sp³-hybridized carbons (Fsp3) is 0.588. The van der Waals surface area contributed by atoms with Crippen LogP contribution in [0.25, 0.3) is 0 Å². The zero-order valence-electron chi connectivity index (χ0n) is 13.6. The minimum Gasteiger partial charge on any atom is -0.274 e. The van der Waals surface area contributed by atoms with Crippen LogP contribution in [0.1, 0.15) is 57.9 Å². The first-order chi connectivity index (χ1) is 10.4. The van der Waals surface area contributed by atoms with Gasteiger partial charge >= 0.3 is 0 Å². The number of amides is 1. The molecule has 0 spiro atoms. The van der Waals surface area contributed by atoms with Gasteiger partial charge in [0.15, 0.2) is 0 Å². The van der Waals surface area contributed by atoms with Crippen molar-refractivity contribution in [3.05, 3.63) is 29.8 Å². The Morgan fingerprint density at radius 2 is 1.82 bits per heavy atom. The maximum Gasteiger partial charge on any atom is 0.266 e. The molecule has 1 aromatic carbocycles. The molecule has 0 aliphatic carbocycles. The zero-order chi connectivity index (χ0) is 16.4. The van der Waals surface area contributed by atoms with Gasteiger partial charge in [0.1, 0.15) is 0 Å². The lowest BCUT2D eigenvalue weighted by Gasteiger charge is -2.37. The summed E-state index contributed by atoms with van der Waals surface area (Å²) in [5.41, 5.74) is 0.455. The van der Waals surface area contributed by atoms with E-state index in [1.165, 1.54) is 4.31 Å². The van der Waals surface area contributed by atoms with Gasteiger partial charge in [-0.15, -0.1) is 0 Å². The van der Waals surface area contributed by atoms with Gasteiger partial charge in [-0.25, -0.2) is 12.7 Å². The van der Waals surface area contributed by atoms with Gasteiger partial charge in [0.2, 0.25) is 5.91 Å². The van der Waals surface area contributed by atoms with E-state index in [4.69, 9.17) is 0 Å². The van der Waals surface area contributed by atoms with Gasteiger partial charge in [-0.3, -0.25) is 4.79 Å². The van der Waals surface area contributed by atoms with Gasteiger partial charge in [-0.05, 0) is 38.3 Å². The number of hydrogen-bond donors (Lipinski definition) is 0. The minimum atomic E-state index is -3.77. The lowest BCUT2D eigenvalue weighted by atomic mass is 9.88. The van der Waals surface area contributed by atoms with Gasteiger partial charge in [-0.1, -0.05) is 44.4 Å². The maximum atomic E-state index is 13.0. The Bertz CT molecular complexity index is 636. The number of aryl methyl sites for hydroxylation is 1. The Morgan fingerprint density at radius 1 is 1.18 bits per heavy atom. The first-order valence-corrected chi connectivity index (χ1v) is 9.46. The van der Waals surface area contributed by atoms with E-state index < -0.39 is 15.6 Å². The Balaban J connectivity index is 2.45. The predicted octanol–water partition coefficient (Wildman–Crippen LogP) is 3.65. The summed E-state index contributed by atoms with van der Waals surface area (Å²) in [6.45, 7) is 5.97. The highest BCUT2D eigenvalue weighted by Gasteiger charge is 2.50. The van der Waals surface area contributed by atoms with Gasteiger partial charge in [0, 0.05) is 6.42 Å². The number of rotatable bonds is 6. The van der Waals surface area contributed by atoms with Gasteiger partial charge in [0.25, 0.3) is 10.0 Å². The summed E-state index contributed by atoms with van der Waals surface area (Å²) < 4.78 is 27.2. The zero-order valence-corrected chi connectivity index (χ0v) is 14.4. The summed E-state index contributed by atoms with van der Waals surface area (Å²) in [6, 6.07) is 6.73. The molecule has 1 heterocycles.